The van der Waals surface area contributed by atoms with Crippen molar-refractivity contribution in [1.82, 2.24) is 15.1 Å². The Bertz CT molecular complexity index is 1110. The first-order chi connectivity index (χ1) is 16.2. The maximum Gasteiger partial charge on any atom is 0.416 e. The second kappa shape index (κ2) is 11.2. The van der Waals surface area contributed by atoms with Crippen LogP contribution in [0.15, 0.2) is 48.5 Å². The van der Waals surface area contributed by atoms with E-state index >= 15 is 0 Å². The van der Waals surface area contributed by atoms with E-state index in [1.807, 2.05) is 38.1 Å². The van der Waals surface area contributed by atoms with Crippen LogP contribution in [0.4, 0.5) is 18.3 Å². The van der Waals surface area contributed by atoms with Crippen molar-refractivity contribution < 1.29 is 22.8 Å². The lowest BCUT2D eigenvalue weighted by Crippen LogP contribution is -2.34. The topological polar surface area (TPSA) is 75.2 Å². The minimum Gasteiger partial charge on any atom is -0.338 e. The summed E-state index contributed by atoms with van der Waals surface area (Å²) in [5.41, 5.74) is 1.36. The minimum atomic E-state index is -4.47. The van der Waals surface area contributed by atoms with Crippen LogP contribution in [-0.2, 0) is 11.0 Å². The van der Waals surface area contributed by atoms with Crippen LogP contribution in [0.1, 0.15) is 47.7 Å². The molecular formula is C24H25F3N4O2S. The number of amides is 2. The van der Waals surface area contributed by atoms with Crippen LogP contribution in [0.5, 0.6) is 0 Å². The zero-order valence-electron chi connectivity index (χ0n) is 18.9. The minimum absolute atomic E-state index is 0.0233. The Morgan fingerprint density at radius 1 is 1.00 bits per heavy atom. The summed E-state index contributed by atoms with van der Waals surface area (Å²) >= 11 is 1.25. The highest BCUT2D eigenvalue weighted by Gasteiger charge is 2.30. The van der Waals surface area contributed by atoms with E-state index in [0.717, 1.165) is 41.8 Å². The molecule has 0 radical (unpaired) electrons. The Morgan fingerprint density at radius 2 is 1.68 bits per heavy atom. The molecule has 1 N–H and O–H groups in total. The SMILES string of the molecule is CCCCN(CCC(=O)Nc1nnc(-c2ccc(C)cc2)s1)C(=O)c1ccc(C(F)(F)F)cc1. The zero-order chi connectivity index (χ0) is 24.7. The van der Waals surface area contributed by atoms with Gasteiger partial charge < -0.3 is 10.2 Å². The van der Waals surface area contributed by atoms with Gasteiger partial charge in [-0.1, -0.05) is 54.5 Å². The fourth-order valence-electron chi connectivity index (χ4n) is 3.15. The summed E-state index contributed by atoms with van der Waals surface area (Å²) in [6, 6.07) is 11.9. The number of carbonyl (C=O) groups is 2. The van der Waals surface area contributed by atoms with Crippen LogP contribution in [0.25, 0.3) is 10.6 Å². The number of unbranched alkanes of at least 4 members (excludes halogenated alkanes) is 1. The van der Waals surface area contributed by atoms with Gasteiger partial charge >= 0.3 is 6.18 Å². The van der Waals surface area contributed by atoms with Gasteiger partial charge in [0.15, 0.2) is 0 Å². The van der Waals surface area contributed by atoms with Crippen LogP contribution in [0.3, 0.4) is 0 Å². The lowest BCUT2D eigenvalue weighted by atomic mass is 10.1. The van der Waals surface area contributed by atoms with Crippen LogP contribution >= 0.6 is 11.3 Å². The Morgan fingerprint density at radius 3 is 2.29 bits per heavy atom. The van der Waals surface area contributed by atoms with Gasteiger partial charge in [0, 0.05) is 30.6 Å². The molecule has 6 nitrogen and oxygen atoms in total. The Hall–Kier alpha value is -3.27. The summed E-state index contributed by atoms with van der Waals surface area (Å²) in [4.78, 5) is 26.8. The molecule has 10 heteroatoms. The maximum absolute atomic E-state index is 12.9. The second-order valence-electron chi connectivity index (χ2n) is 7.80. The lowest BCUT2D eigenvalue weighted by molar-refractivity contribution is -0.137. The number of nitrogens with zero attached hydrogens (tertiary/aromatic N) is 3. The highest BCUT2D eigenvalue weighted by atomic mass is 32.1. The van der Waals surface area contributed by atoms with Crippen molar-refractivity contribution in [3.8, 4) is 10.6 Å². The number of aromatic nitrogens is 2. The summed E-state index contributed by atoms with van der Waals surface area (Å²) < 4.78 is 38.4. The smallest absolute Gasteiger partial charge is 0.338 e. The summed E-state index contributed by atoms with van der Waals surface area (Å²) in [6.07, 6.45) is -2.90. The van der Waals surface area contributed by atoms with E-state index in [4.69, 9.17) is 0 Å². The monoisotopic (exact) mass is 490 g/mol. The number of rotatable bonds is 9. The van der Waals surface area contributed by atoms with Crippen LogP contribution in [0.2, 0.25) is 0 Å². The number of hydrogen-bond acceptors (Lipinski definition) is 5. The number of nitrogens with one attached hydrogen (secondary N) is 1. The molecule has 0 atom stereocenters. The average Bonchev–Trinajstić information content (AvgIpc) is 3.27. The van der Waals surface area contributed by atoms with E-state index < -0.39 is 17.6 Å². The predicted octanol–water partition coefficient (Wildman–Crippen LogP) is 5.80. The third kappa shape index (κ3) is 6.86. The van der Waals surface area contributed by atoms with Crippen molar-refractivity contribution in [1.29, 1.82) is 0 Å². The molecule has 1 aromatic heterocycles. The van der Waals surface area contributed by atoms with Crippen LogP contribution in [-0.4, -0.2) is 40.0 Å². The van der Waals surface area contributed by atoms with E-state index in [0.29, 0.717) is 23.1 Å². The third-order valence-electron chi connectivity index (χ3n) is 5.11. The summed E-state index contributed by atoms with van der Waals surface area (Å²) in [5, 5.41) is 11.8. The molecule has 0 aliphatic rings. The van der Waals surface area contributed by atoms with E-state index in [-0.39, 0.29) is 24.4 Å². The van der Waals surface area contributed by atoms with Crippen LogP contribution in [0, 0.1) is 6.92 Å². The van der Waals surface area contributed by atoms with Gasteiger partial charge in [0.2, 0.25) is 11.0 Å². The number of anilines is 1. The molecular weight excluding hydrogens is 465 g/mol. The molecule has 0 saturated heterocycles. The van der Waals surface area contributed by atoms with Gasteiger partial charge in [-0.15, -0.1) is 10.2 Å². The van der Waals surface area contributed by atoms with Gasteiger partial charge in [-0.2, -0.15) is 13.2 Å². The molecule has 0 spiro atoms. The quantitative estimate of drug-likeness (QED) is 0.411. The molecule has 0 fully saturated rings. The molecule has 0 saturated carbocycles. The number of aryl methyl sites for hydroxylation is 1. The lowest BCUT2D eigenvalue weighted by Gasteiger charge is -2.22. The Balaban J connectivity index is 1.60. The van der Waals surface area contributed by atoms with Gasteiger partial charge in [-0.05, 0) is 37.6 Å². The first kappa shape index (κ1) is 25.4. The molecule has 0 unspecified atom stereocenters. The zero-order valence-corrected chi connectivity index (χ0v) is 19.7. The van der Waals surface area contributed by atoms with E-state index in [2.05, 4.69) is 15.5 Å². The van der Waals surface area contributed by atoms with Crippen molar-refractivity contribution >= 4 is 28.3 Å². The molecule has 0 aliphatic carbocycles. The second-order valence-corrected chi connectivity index (χ2v) is 8.77. The third-order valence-corrected chi connectivity index (χ3v) is 5.99. The first-order valence-corrected chi connectivity index (χ1v) is 11.7. The molecule has 34 heavy (non-hydrogen) atoms. The van der Waals surface area contributed by atoms with Gasteiger partial charge in [0.1, 0.15) is 5.01 Å². The Kier molecular flexibility index (Phi) is 8.38. The number of benzene rings is 2. The Labute approximate surface area is 199 Å². The molecule has 3 rings (SSSR count). The normalized spacial score (nSPS) is 11.3. The van der Waals surface area contributed by atoms with E-state index in [1.165, 1.54) is 16.2 Å². The summed E-state index contributed by atoms with van der Waals surface area (Å²) in [5.74, 6) is -0.735. The van der Waals surface area contributed by atoms with Crippen molar-refractivity contribution in [2.24, 2.45) is 0 Å². The summed E-state index contributed by atoms with van der Waals surface area (Å²) in [6.45, 7) is 4.49. The molecule has 2 aromatic carbocycles. The number of carbonyl (C=O) groups excluding carboxylic acids is 2. The molecule has 2 amide bonds. The largest absolute Gasteiger partial charge is 0.416 e. The fourth-order valence-corrected chi connectivity index (χ4v) is 3.92. The highest BCUT2D eigenvalue weighted by molar-refractivity contribution is 7.18. The van der Waals surface area contributed by atoms with Gasteiger partial charge in [0.25, 0.3) is 5.91 Å². The fraction of sp³-hybridized carbons (Fsp3) is 0.333. The van der Waals surface area contributed by atoms with Gasteiger partial charge in [-0.25, -0.2) is 0 Å². The average molecular weight is 491 g/mol. The standard InChI is InChI=1S/C24H25F3N4O2S/c1-3-4-14-31(22(33)18-9-11-19(12-10-18)24(25,26)27)15-13-20(32)28-23-30-29-21(34-23)17-7-5-16(2)6-8-17/h5-12H,3-4,13-15H2,1-2H3,(H,28,30,32). The van der Waals surface area contributed by atoms with E-state index in [9.17, 15) is 22.8 Å². The maximum atomic E-state index is 12.9. The van der Waals surface area contributed by atoms with E-state index in [1.54, 1.807) is 0 Å². The first-order valence-electron chi connectivity index (χ1n) is 10.8. The van der Waals surface area contributed by atoms with Gasteiger partial charge in [0.05, 0.1) is 5.56 Å². The molecule has 3 aromatic rings. The van der Waals surface area contributed by atoms with Crippen molar-refractivity contribution in [2.75, 3.05) is 18.4 Å². The summed E-state index contributed by atoms with van der Waals surface area (Å²) in [7, 11) is 0. The highest BCUT2D eigenvalue weighted by Crippen LogP contribution is 2.29. The van der Waals surface area contributed by atoms with Crippen molar-refractivity contribution in [2.45, 2.75) is 39.3 Å². The predicted molar refractivity (Wildman–Crippen MR) is 126 cm³/mol. The molecule has 180 valence electrons. The number of hydrogen-bond donors (Lipinski definition) is 1. The number of halogens is 3. The molecule has 0 bridgehead atoms. The van der Waals surface area contributed by atoms with Crippen molar-refractivity contribution in [3.05, 3.63) is 65.2 Å². The molecule has 0 aliphatic heterocycles. The van der Waals surface area contributed by atoms with Crippen LogP contribution < -0.4 is 5.32 Å². The van der Waals surface area contributed by atoms with Gasteiger partial charge in [-0.3, -0.25) is 9.59 Å². The number of alkyl halides is 3. The molecule has 1 heterocycles. The van der Waals surface area contributed by atoms with Crippen molar-refractivity contribution in [3.63, 3.8) is 0 Å².